The number of pyridine rings is 1. The fraction of sp³-hybridized carbons (Fsp3) is 0.421. The smallest absolute Gasteiger partial charge is 0.328 e. The minimum absolute atomic E-state index is 0.0286. The molecule has 2 aromatic rings. The maximum absolute atomic E-state index is 13.0. The molecule has 7 heteroatoms. The average Bonchev–Trinajstić information content (AvgIpc) is 3.03. The van der Waals surface area contributed by atoms with Crippen LogP contribution in [0.5, 0.6) is 5.88 Å². The Balaban J connectivity index is 1.64. The molecule has 2 N–H and O–H groups in total. The van der Waals surface area contributed by atoms with Crippen molar-refractivity contribution in [1.82, 2.24) is 9.88 Å². The Morgan fingerprint density at radius 3 is 2.69 bits per heavy atom. The predicted octanol–water partition coefficient (Wildman–Crippen LogP) is 2.81. The van der Waals surface area contributed by atoms with Crippen molar-refractivity contribution in [3.8, 4) is 5.88 Å². The molecule has 0 aliphatic carbocycles. The fourth-order valence-electron chi connectivity index (χ4n) is 3.15. The molecule has 2 heterocycles. The van der Waals surface area contributed by atoms with Gasteiger partial charge in [-0.15, -0.1) is 0 Å². The highest BCUT2D eigenvalue weighted by molar-refractivity contribution is 5.54. The van der Waals surface area contributed by atoms with Gasteiger partial charge in [0.1, 0.15) is 6.10 Å². The van der Waals surface area contributed by atoms with E-state index in [4.69, 9.17) is 10.5 Å². The molecule has 26 heavy (non-hydrogen) atoms. The lowest BCUT2D eigenvalue weighted by atomic mass is 10.1. The van der Waals surface area contributed by atoms with Crippen LogP contribution in [0.4, 0.5) is 14.5 Å². The molecule has 1 fully saturated rings. The van der Waals surface area contributed by atoms with E-state index in [1.165, 1.54) is 23.4 Å². The molecule has 1 unspecified atom stereocenters. The number of alkyl halides is 2. The largest absolute Gasteiger partial charge is 0.472 e. The Morgan fingerprint density at radius 2 is 2.04 bits per heavy atom. The van der Waals surface area contributed by atoms with Crippen LogP contribution in [0.15, 0.2) is 42.6 Å². The highest BCUT2D eigenvalue weighted by atomic mass is 19.3. The lowest BCUT2D eigenvalue weighted by Gasteiger charge is -2.23. The Labute approximate surface area is 152 Å². The second-order valence-corrected chi connectivity index (χ2v) is 6.85. The molecule has 3 rings (SSSR count). The van der Waals surface area contributed by atoms with E-state index in [0.717, 1.165) is 32.3 Å². The van der Waals surface area contributed by atoms with Crippen molar-refractivity contribution in [3.05, 3.63) is 53.7 Å². The average molecular weight is 362 g/mol. The van der Waals surface area contributed by atoms with Crippen molar-refractivity contribution in [2.45, 2.75) is 25.1 Å². The van der Waals surface area contributed by atoms with Crippen molar-refractivity contribution >= 4 is 5.69 Å². The number of ether oxygens (including phenoxy) is 1. The second kappa shape index (κ2) is 7.55. The molecule has 0 saturated carbocycles. The molecule has 1 saturated heterocycles. The summed E-state index contributed by atoms with van der Waals surface area (Å²) in [7, 11) is 4.10. The van der Waals surface area contributed by atoms with Crippen molar-refractivity contribution in [2.24, 2.45) is 5.73 Å². The second-order valence-electron chi connectivity index (χ2n) is 6.85. The van der Waals surface area contributed by atoms with Crippen LogP contribution in [0.25, 0.3) is 0 Å². The van der Waals surface area contributed by atoms with Crippen LogP contribution in [-0.4, -0.2) is 43.2 Å². The molecule has 0 bridgehead atoms. The van der Waals surface area contributed by atoms with E-state index >= 15 is 0 Å². The summed E-state index contributed by atoms with van der Waals surface area (Å²) in [6.45, 7) is 2.49. The van der Waals surface area contributed by atoms with Gasteiger partial charge in [-0.25, -0.2) is 4.98 Å². The number of benzene rings is 1. The zero-order valence-corrected chi connectivity index (χ0v) is 15.0. The van der Waals surface area contributed by atoms with Gasteiger partial charge in [-0.3, -0.25) is 5.73 Å². The SMILES string of the molecule is CN(C)Cc1ccccc1N1CCC(Oc2ccc(C(N)(F)F)cn2)C1. The van der Waals surface area contributed by atoms with Crippen LogP contribution in [-0.2, 0) is 12.6 Å². The van der Waals surface area contributed by atoms with Crippen LogP contribution in [0.3, 0.4) is 0 Å². The summed E-state index contributed by atoms with van der Waals surface area (Å²) in [6, 6.07) is 7.65. The minimum atomic E-state index is -3.38. The van der Waals surface area contributed by atoms with E-state index in [0.29, 0.717) is 5.88 Å². The van der Waals surface area contributed by atoms with Gasteiger partial charge in [0.2, 0.25) is 5.88 Å². The molecule has 0 spiro atoms. The number of halogens is 2. The zero-order valence-electron chi connectivity index (χ0n) is 15.0. The molecule has 5 nitrogen and oxygen atoms in total. The molecule has 1 aliphatic heterocycles. The standard InChI is InChI=1S/C19H24F2N4O/c1-24(2)12-14-5-3-4-6-17(14)25-10-9-16(13-25)26-18-8-7-15(11-23-18)19(20,21)22/h3-8,11,16H,9-10,12-13,22H2,1-2H3. The van der Waals surface area contributed by atoms with E-state index in [2.05, 4.69) is 26.9 Å². The molecule has 140 valence electrons. The lowest BCUT2D eigenvalue weighted by molar-refractivity contribution is 0.00253. The maximum Gasteiger partial charge on any atom is 0.328 e. The third-order valence-corrected chi connectivity index (χ3v) is 4.37. The summed E-state index contributed by atoms with van der Waals surface area (Å²) in [5, 5.41) is 0. The molecule has 1 aromatic heterocycles. The van der Waals surface area contributed by atoms with Crippen LogP contribution < -0.4 is 15.4 Å². The van der Waals surface area contributed by atoms with Crippen molar-refractivity contribution in [1.29, 1.82) is 0 Å². The zero-order chi connectivity index (χ0) is 18.7. The van der Waals surface area contributed by atoms with Crippen LogP contribution in [0.1, 0.15) is 17.5 Å². The summed E-state index contributed by atoms with van der Waals surface area (Å²) in [5.41, 5.74) is 6.93. The van der Waals surface area contributed by atoms with Gasteiger partial charge in [0, 0.05) is 37.5 Å². The third kappa shape index (κ3) is 4.47. The van der Waals surface area contributed by atoms with Gasteiger partial charge in [0.05, 0.1) is 12.1 Å². The molecular formula is C19H24F2N4O. The first-order chi connectivity index (χ1) is 12.3. The molecule has 0 radical (unpaired) electrons. The number of aromatic nitrogens is 1. The van der Waals surface area contributed by atoms with Gasteiger partial charge in [0.15, 0.2) is 0 Å². The van der Waals surface area contributed by atoms with Crippen molar-refractivity contribution in [2.75, 3.05) is 32.1 Å². The Bertz CT molecular complexity index is 731. The molecular weight excluding hydrogens is 338 g/mol. The number of nitrogens with zero attached hydrogens (tertiary/aromatic N) is 3. The monoisotopic (exact) mass is 362 g/mol. The molecule has 0 amide bonds. The van der Waals surface area contributed by atoms with E-state index in [-0.39, 0.29) is 11.7 Å². The summed E-state index contributed by atoms with van der Waals surface area (Å²) in [6.07, 6.45) is 1.89. The van der Waals surface area contributed by atoms with Crippen molar-refractivity contribution < 1.29 is 13.5 Å². The predicted molar refractivity (Wildman–Crippen MR) is 97.4 cm³/mol. The summed E-state index contributed by atoms with van der Waals surface area (Å²) >= 11 is 0. The van der Waals surface area contributed by atoms with Gasteiger partial charge in [-0.2, -0.15) is 8.78 Å². The van der Waals surface area contributed by atoms with E-state index < -0.39 is 6.05 Å². The molecule has 1 atom stereocenters. The first-order valence-corrected chi connectivity index (χ1v) is 8.60. The van der Waals surface area contributed by atoms with Gasteiger partial charge in [0.25, 0.3) is 0 Å². The maximum atomic E-state index is 13.0. The number of hydrogen-bond donors (Lipinski definition) is 1. The number of nitrogens with two attached hydrogens (primary N) is 1. The Kier molecular flexibility index (Phi) is 5.38. The van der Waals surface area contributed by atoms with Gasteiger partial charge in [-0.05, 0) is 31.8 Å². The van der Waals surface area contributed by atoms with E-state index in [1.807, 2.05) is 26.2 Å². The number of anilines is 1. The Morgan fingerprint density at radius 1 is 1.27 bits per heavy atom. The van der Waals surface area contributed by atoms with Gasteiger partial charge >= 0.3 is 6.05 Å². The molecule has 1 aliphatic rings. The highest BCUT2D eigenvalue weighted by Gasteiger charge is 2.28. The molecule has 1 aromatic carbocycles. The van der Waals surface area contributed by atoms with Gasteiger partial charge < -0.3 is 14.5 Å². The normalized spacial score (nSPS) is 17.8. The van der Waals surface area contributed by atoms with Crippen molar-refractivity contribution in [3.63, 3.8) is 0 Å². The van der Waals surface area contributed by atoms with E-state index in [1.54, 1.807) is 0 Å². The number of para-hydroxylation sites is 1. The fourth-order valence-corrected chi connectivity index (χ4v) is 3.15. The number of hydrogen-bond acceptors (Lipinski definition) is 5. The van der Waals surface area contributed by atoms with Crippen LogP contribution >= 0.6 is 0 Å². The first kappa shape index (κ1) is 18.5. The van der Waals surface area contributed by atoms with E-state index in [9.17, 15) is 8.78 Å². The third-order valence-electron chi connectivity index (χ3n) is 4.37. The minimum Gasteiger partial charge on any atom is -0.472 e. The highest BCUT2D eigenvalue weighted by Crippen LogP contribution is 2.27. The van der Waals surface area contributed by atoms with Crippen LogP contribution in [0, 0.1) is 0 Å². The lowest BCUT2D eigenvalue weighted by Crippen LogP contribution is -2.27. The number of rotatable bonds is 6. The quantitative estimate of drug-likeness (QED) is 0.801. The topological polar surface area (TPSA) is 54.6 Å². The van der Waals surface area contributed by atoms with Gasteiger partial charge in [-0.1, -0.05) is 18.2 Å². The Hall–Kier alpha value is -2.25. The summed E-state index contributed by atoms with van der Waals surface area (Å²) in [5.74, 6) is 0.339. The summed E-state index contributed by atoms with van der Waals surface area (Å²) < 4.78 is 32.0. The summed E-state index contributed by atoms with van der Waals surface area (Å²) in [4.78, 5) is 8.39. The van der Waals surface area contributed by atoms with Crippen LogP contribution in [0.2, 0.25) is 0 Å². The first-order valence-electron chi connectivity index (χ1n) is 8.60.